The zero-order chi connectivity index (χ0) is 11.8. The molecule has 84 valence electrons. The summed E-state index contributed by atoms with van der Waals surface area (Å²) in [6.45, 7) is 10.2. The summed E-state index contributed by atoms with van der Waals surface area (Å²) in [5.74, 6) is 0. The van der Waals surface area contributed by atoms with Gasteiger partial charge in [-0.2, -0.15) is 0 Å². The van der Waals surface area contributed by atoms with E-state index in [1.54, 1.807) is 0 Å². The van der Waals surface area contributed by atoms with Crippen molar-refractivity contribution in [2.75, 3.05) is 7.05 Å². The SMILES string of the molecule is CC.CC.CCc1ccccc1.CN. The molecular weight excluding hydrogens is 170 g/mol. The first-order valence-corrected chi connectivity index (χ1v) is 5.55. The first kappa shape index (κ1) is 18.9. The molecule has 0 heterocycles. The Morgan fingerprint density at radius 3 is 1.43 bits per heavy atom. The van der Waals surface area contributed by atoms with Crippen LogP contribution in [0.3, 0.4) is 0 Å². The third kappa shape index (κ3) is 13.7. The van der Waals surface area contributed by atoms with Gasteiger partial charge in [-0.25, -0.2) is 0 Å². The topological polar surface area (TPSA) is 26.0 Å². The maximum Gasteiger partial charge on any atom is -0.0195 e. The molecule has 0 aromatic heterocycles. The Kier molecular flexibility index (Phi) is 30.7. The predicted octanol–water partition coefficient (Wildman–Crippen LogP) is 3.88. The summed E-state index contributed by atoms with van der Waals surface area (Å²) in [7, 11) is 1.50. The van der Waals surface area contributed by atoms with E-state index in [4.69, 9.17) is 0 Å². The van der Waals surface area contributed by atoms with E-state index in [2.05, 4.69) is 36.9 Å². The van der Waals surface area contributed by atoms with Gasteiger partial charge in [-0.3, -0.25) is 0 Å². The molecule has 1 aromatic rings. The van der Waals surface area contributed by atoms with E-state index in [0.717, 1.165) is 6.42 Å². The summed E-state index contributed by atoms with van der Waals surface area (Å²) in [4.78, 5) is 0. The normalized spacial score (nSPS) is 6.50. The van der Waals surface area contributed by atoms with Crippen molar-refractivity contribution in [1.82, 2.24) is 0 Å². The van der Waals surface area contributed by atoms with Crippen molar-refractivity contribution in [3.05, 3.63) is 35.9 Å². The Hall–Kier alpha value is -0.820. The van der Waals surface area contributed by atoms with Crippen molar-refractivity contribution in [2.24, 2.45) is 5.73 Å². The highest BCUT2D eigenvalue weighted by molar-refractivity contribution is 5.13. The van der Waals surface area contributed by atoms with E-state index in [-0.39, 0.29) is 0 Å². The zero-order valence-corrected chi connectivity index (χ0v) is 10.7. The number of nitrogens with two attached hydrogens (primary N) is 1. The highest BCUT2D eigenvalue weighted by Crippen LogP contribution is 1.96. The Morgan fingerprint density at radius 2 is 1.21 bits per heavy atom. The average Bonchev–Trinajstić information content (AvgIpc) is 2.37. The maximum atomic E-state index is 4.50. The van der Waals surface area contributed by atoms with Crippen molar-refractivity contribution in [1.29, 1.82) is 0 Å². The number of hydrogen-bond acceptors (Lipinski definition) is 1. The quantitative estimate of drug-likeness (QED) is 0.726. The Labute approximate surface area is 90.3 Å². The molecule has 1 rings (SSSR count). The van der Waals surface area contributed by atoms with Crippen molar-refractivity contribution in [3.63, 3.8) is 0 Å². The van der Waals surface area contributed by atoms with Gasteiger partial charge in [-0.1, -0.05) is 65.0 Å². The highest BCUT2D eigenvalue weighted by atomic mass is 14.4. The van der Waals surface area contributed by atoms with Gasteiger partial charge in [0.1, 0.15) is 0 Å². The molecule has 0 radical (unpaired) electrons. The minimum atomic E-state index is 1.14. The summed E-state index contributed by atoms with van der Waals surface area (Å²) in [6, 6.07) is 10.5. The van der Waals surface area contributed by atoms with Crippen LogP contribution >= 0.6 is 0 Å². The summed E-state index contributed by atoms with van der Waals surface area (Å²) in [5.41, 5.74) is 5.91. The van der Waals surface area contributed by atoms with E-state index in [0.29, 0.717) is 0 Å². The fourth-order valence-corrected chi connectivity index (χ4v) is 0.714. The molecule has 0 saturated heterocycles. The lowest BCUT2D eigenvalue weighted by atomic mass is 10.2. The van der Waals surface area contributed by atoms with Gasteiger partial charge >= 0.3 is 0 Å². The molecule has 0 aliphatic rings. The van der Waals surface area contributed by atoms with Crippen LogP contribution < -0.4 is 5.73 Å². The van der Waals surface area contributed by atoms with Gasteiger partial charge in [0.05, 0.1) is 0 Å². The van der Waals surface area contributed by atoms with Crippen molar-refractivity contribution < 1.29 is 0 Å². The first-order valence-electron chi connectivity index (χ1n) is 5.55. The van der Waals surface area contributed by atoms with E-state index >= 15 is 0 Å². The monoisotopic (exact) mass is 197 g/mol. The lowest BCUT2D eigenvalue weighted by Crippen LogP contribution is -1.73. The molecule has 0 aliphatic heterocycles. The van der Waals surface area contributed by atoms with Gasteiger partial charge in [0.2, 0.25) is 0 Å². The summed E-state index contributed by atoms with van der Waals surface area (Å²) < 4.78 is 0. The smallest absolute Gasteiger partial charge is 0.0195 e. The third-order valence-corrected chi connectivity index (χ3v) is 1.25. The second-order valence-corrected chi connectivity index (χ2v) is 1.84. The van der Waals surface area contributed by atoms with Crippen LogP contribution in [0.25, 0.3) is 0 Å². The largest absolute Gasteiger partial charge is 0.333 e. The average molecular weight is 197 g/mol. The van der Waals surface area contributed by atoms with Crippen LogP contribution in [0.5, 0.6) is 0 Å². The van der Waals surface area contributed by atoms with Gasteiger partial charge in [0.25, 0.3) is 0 Å². The van der Waals surface area contributed by atoms with E-state index in [1.807, 2.05) is 33.8 Å². The molecule has 1 heteroatoms. The molecule has 0 saturated carbocycles. The molecule has 0 bridgehead atoms. The van der Waals surface area contributed by atoms with Gasteiger partial charge in [-0.05, 0) is 19.0 Å². The second-order valence-electron chi connectivity index (χ2n) is 1.84. The van der Waals surface area contributed by atoms with Crippen LogP contribution in [-0.2, 0) is 6.42 Å². The molecule has 0 spiro atoms. The zero-order valence-electron chi connectivity index (χ0n) is 10.7. The van der Waals surface area contributed by atoms with E-state index in [1.165, 1.54) is 12.6 Å². The van der Waals surface area contributed by atoms with Gasteiger partial charge in [0, 0.05) is 0 Å². The Morgan fingerprint density at radius 1 is 0.857 bits per heavy atom. The number of rotatable bonds is 1. The van der Waals surface area contributed by atoms with E-state index in [9.17, 15) is 0 Å². The predicted molar refractivity (Wildman–Crippen MR) is 68.6 cm³/mol. The first-order chi connectivity index (χ1) is 6.93. The third-order valence-electron chi connectivity index (χ3n) is 1.25. The van der Waals surface area contributed by atoms with Gasteiger partial charge in [0.15, 0.2) is 0 Å². The Balaban J connectivity index is -0.000000174. The van der Waals surface area contributed by atoms with Crippen LogP contribution in [0.15, 0.2) is 30.3 Å². The molecule has 0 unspecified atom stereocenters. The fourth-order valence-electron chi connectivity index (χ4n) is 0.714. The van der Waals surface area contributed by atoms with Crippen LogP contribution in [-0.4, -0.2) is 7.05 Å². The highest BCUT2D eigenvalue weighted by Gasteiger charge is 1.79. The molecule has 0 amide bonds. The minimum absolute atomic E-state index is 1.14. The van der Waals surface area contributed by atoms with E-state index < -0.39 is 0 Å². The molecule has 2 N–H and O–H groups in total. The molecule has 0 atom stereocenters. The van der Waals surface area contributed by atoms with Crippen LogP contribution in [0.4, 0.5) is 0 Å². The van der Waals surface area contributed by atoms with Crippen LogP contribution in [0.2, 0.25) is 0 Å². The number of benzene rings is 1. The van der Waals surface area contributed by atoms with Crippen molar-refractivity contribution in [3.8, 4) is 0 Å². The maximum absolute atomic E-state index is 4.50. The Bertz CT molecular complexity index is 147. The summed E-state index contributed by atoms with van der Waals surface area (Å²) >= 11 is 0. The standard InChI is InChI=1S/C8H10.2C2H6.CH5N/c1-2-8-6-4-3-5-7-8;3*1-2/h3-7H,2H2,1H3;2*1-2H3;2H2,1H3. The summed E-state index contributed by atoms with van der Waals surface area (Å²) in [6.07, 6.45) is 1.14. The number of aryl methyl sites for hydroxylation is 1. The number of hydrogen-bond donors (Lipinski definition) is 1. The molecule has 0 aliphatic carbocycles. The van der Waals surface area contributed by atoms with Gasteiger partial charge in [-0.15, -0.1) is 0 Å². The van der Waals surface area contributed by atoms with Crippen molar-refractivity contribution in [2.45, 2.75) is 41.0 Å². The van der Waals surface area contributed by atoms with Crippen molar-refractivity contribution >= 4 is 0 Å². The van der Waals surface area contributed by atoms with Crippen LogP contribution in [0, 0.1) is 0 Å². The van der Waals surface area contributed by atoms with Gasteiger partial charge < -0.3 is 5.73 Å². The molecular formula is C13H27N. The minimum Gasteiger partial charge on any atom is -0.333 e. The molecule has 1 nitrogen and oxygen atoms in total. The summed E-state index contributed by atoms with van der Waals surface area (Å²) in [5, 5.41) is 0. The molecule has 1 aromatic carbocycles. The van der Waals surface area contributed by atoms with Crippen LogP contribution in [0.1, 0.15) is 40.2 Å². The lowest BCUT2D eigenvalue weighted by molar-refractivity contribution is 1.14. The lowest BCUT2D eigenvalue weighted by Gasteiger charge is -1.89. The molecule has 14 heavy (non-hydrogen) atoms. The fraction of sp³-hybridized carbons (Fsp3) is 0.538. The molecule has 0 fully saturated rings. The second kappa shape index (κ2) is 22.8.